The lowest BCUT2D eigenvalue weighted by molar-refractivity contribution is 0.0384. The van der Waals surface area contributed by atoms with E-state index in [0.717, 1.165) is 31.7 Å². The Morgan fingerprint density at radius 1 is 1.19 bits per heavy atom. The van der Waals surface area contributed by atoms with Crippen LogP contribution in [0.2, 0.25) is 10.0 Å². The van der Waals surface area contributed by atoms with E-state index in [9.17, 15) is 9.90 Å². The molecule has 2 aromatic rings. The number of aliphatic hydroxyl groups excluding tert-OH is 1. The highest BCUT2D eigenvalue weighted by molar-refractivity contribution is 6.35. The molecular weight excluding hydrogens is 387 g/mol. The van der Waals surface area contributed by atoms with Crippen LogP contribution in [0.15, 0.2) is 41.2 Å². The van der Waals surface area contributed by atoms with Crippen molar-refractivity contribution in [1.82, 2.24) is 9.47 Å². The Kier molecular flexibility index (Phi) is 5.46. The van der Waals surface area contributed by atoms with Crippen LogP contribution in [-0.2, 0) is 6.54 Å². The molecule has 2 aliphatic heterocycles. The van der Waals surface area contributed by atoms with Crippen molar-refractivity contribution in [3.05, 3.63) is 62.5 Å². The minimum Gasteiger partial charge on any atom is -0.489 e. The van der Waals surface area contributed by atoms with Crippen molar-refractivity contribution in [2.45, 2.75) is 25.0 Å². The first kappa shape index (κ1) is 18.8. The second kappa shape index (κ2) is 7.84. The molecule has 1 N–H and O–H groups in total. The molecule has 1 aromatic heterocycles. The first-order valence-electron chi connectivity index (χ1n) is 9.17. The van der Waals surface area contributed by atoms with Crippen LogP contribution in [0.5, 0.6) is 5.75 Å². The van der Waals surface area contributed by atoms with E-state index < -0.39 is 6.10 Å². The summed E-state index contributed by atoms with van der Waals surface area (Å²) in [6.07, 6.45) is 0.487. The second-order valence-electron chi connectivity index (χ2n) is 7.46. The van der Waals surface area contributed by atoms with Gasteiger partial charge >= 0.3 is 0 Å². The Morgan fingerprint density at radius 3 is 2.85 bits per heavy atom. The van der Waals surface area contributed by atoms with Gasteiger partial charge in [0.15, 0.2) is 0 Å². The van der Waals surface area contributed by atoms with Gasteiger partial charge in [-0.15, -0.1) is 0 Å². The molecule has 1 fully saturated rings. The number of aliphatic hydroxyl groups is 1. The first-order chi connectivity index (χ1) is 13.0. The Bertz CT molecular complexity index is 886. The quantitative estimate of drug-likeness (QED) is 0.825. The molecule has 144 valence electrons. The first-order valence-corrected chi connectivity index (χ1v) is 9.93. The molecule has 4 rings (SSSR count). The van der Waals surface area contributed by atoms with Crippen LogP contribution in [0, 0.1) is 5.92 Å². The van der Waals surface area contributed by atoms with E-state index in [1.54, 1.807) is 24.3 Å². The SMILES string of the molecule is O=c1cccc2n1C[C@H]1C[C@@H]2CN(C[C@H](O)COc2ccc(Cl)cc2Cl)C1. The zero-order valence-electron chi connectivity index (χ0n) is 14.9. The third-order valence-electron chi connectivity index (χ3n) is 5.35. The highest BCUT2D eigenvalue weighted by Gasteiger charge is 2.34. The average Bonchev–Trinajstić information content (AvgIpc) is 2.62. The number of rotatable bonds is 5. The smallest absolute Gasteiger partial charge is 0.250 e. The Hall–Kier alpha value is -1.53. The van der Waals surface area contributed by atoms with Crippen molar-refractivity contribution >= 4 is 23.2 Å². The lowest BCUT2D eigenvalue weighted by Crippen LogP contribution is -2.49. The van der Waals surface area contributed by atoms with E-state index >= 15 is 0 Å². The van der Waals surface area contributed by atoms with E-state index in [4.69, 9.17) is 27.9 Å². The van der Waals surface area contributed by atoms with Crippen LogP contribution in [-0.4, -0.2) is 46.9 Å². The molecular formula is C20H22Cl2N2O3. The maximum atomic E-state index is 12.1. The van der Waals surface area contributed by atoms with Gasteiger partial charge in [0.2, 0.25) is 0 Å². The number of aromatic nitrogens is 1. The van der Waals surface area contributed by atoms with Gasteiger partial charge in [-0.05, 0) is 36.6 Å². The Balaban J connectivity index is 1.36. The van der Waals surface area contributed by atoms with E-state index in [-0.39, 0.29) is 12.2 Å². The number of benzene rings is 1. The maximum absolute atomic E-state index is 12.1. The van der Waals surface area contributed by atoms with Crippen LogP contribution in [0.25, 0.3) is 0 Å². The van der Waals surface area contributed by atoms with Crippen molar-refractivity contribution in [3.63, 3.8) is 0 Å². The molecule has 0 unspecified atom stereocenters. The summed E-state index contributed by atoms with van der Waals surface area (Å²) >= 11 is 12.0. The summed E-state index contributed by atoms with van der Waals surface area (Å²) in [7, 11) is 0. The summed E-state index contributed by atoms with van der Waals surface area (Å²) in [4.78, 5) is 14.4. The van der Waals surface area contributed by atoms with Crippen molar-refractivity contribution in [2.24, 2.45) is 5.92 Å². The standard InChI is InChI=1S/C20H22Cl2N2O3/c21-15-4-5-19(17(22)7-15)27-12-16(25)11-23-8-13-6-14(10-23)18-2-1-3-20(26)24(18)9-13/h1-5,7,13-14,16,25H,6,8-12H2/t13-,14+,16-/m0/s1. The molecule has 1 aromatic carbocycles. The summed E-state index contributed by atoms with van der Waals surface area (Å²) in [5.74, 6) is 1.30. The summed E-state index contributed by atoms with van der Waals surface area (Å²) in [6.45, 7) is 3.20. The minimum atomic E-state index is -0.617. The van der Waals surface area contributed by atoms with Crippen molar-refractivity contribution in [2.75, 3.05) is 26.2 Å². The van der Waals surface area contributed by atoms with Crippen LogP contribution < -0.4 is 10.3 Å². The third-order valence-corrected chi connectivity index (χ3v) is 5.88. The van der Waals surface area contributed by atoms with Gasteiger partial charge in [-0.25, -0.2) is 0 Å². The predicted molar refractivity (Wildman–Crippen MR) is 106 cm³/mol. The van der Waals surface area contributed by atoms with Gasteiger partial charge in [-0.3, -0.25) is 9.69 Å². The van der Waals surface area contributed by atoms with E-state index in [1.165, 1.54) is 0 Å². The van der Waals surface area contributed by atoms with Gasteiger partial charge < -0.3 is 14.4 Å². The number of pyridine rings is 1. The van der Waals surface area contributed by atoms with Crippen LogP contribution in [0.1, 0.15) is 18.0 Å². The van der Waals surface area contributed by atoms with Crippen molar-refractivity contribution in [1.29, 1.82) is 0 Å². The molecule has 2 bridgehead atoms. The molecule has 0 spiro atoms. The topological polar surface area (TPSA) is 54.7 Å². The monoisotopic (exact) mass is 408 g/mol. The number of ether oxygens (including phenoxy) is 1. The number of β-amino-alcohol motifs (C(OH)–C–C–N with tert-alkyl or cyclic N) is 1. The number of hydrogen-bond donors (Lipinski definition) is 1. The minimum absolute atomic E-state index is 0.0870. The van der Waals surface area contributed by atoms with Gasteiger partial charge in [0.25, 0.3) is 5.56 Å². The molecule has 27 heavy (non-hydrogen) atoms. The zero-order chi connectivity index (χ0) is 19.0. The predicted octanol–water partition coefficient (Wildman–Crippen LogP) is 3.01. The second-order valence-corrected chi connectivity index (χ2v) is 8.30. The van der Waals surface area contributed by atoms with Crippen LogP contribution in [0.3, 0.4) is 0 Å². The van der Waals surface area contributed by atoms with Gasteiger partial charge in [0.05, 0.1) is 5.02 Å². The lowest BCUT2D eigenvalue weighted by Gasteiger charge is -2.43. The lowest BCUT2D eigenvalue weighted by atomic mass is 9.83. The molecule has 7 heteroatoms. The summed E-state index contributed by atoms with van der Waals surface area (Å²) in [6, 6.07) is 10.6. The summed E-state index contributed by atoms with van der Waals surface area (Å²) in [5.41, 5.74) is 1.20. The number of hydrogen-bond acceptors (Lipinski definition) is 4. The number of nitrogens with zero attached hydrogens (tertiary/aromatic N) is 2. The number of fused-ring (bicyclic) bond motifs is 4. The molecule has 3 heterocycles. The molecule has 0 saturated carbocycles. The zero-order valence-corrected chi connectivity index (χ0v) is 16.4. The molecule has 0 amide bonds. The fourth-order valence-electron chi connectivity index (χ4n) is 4.27. The number of halogens is 2. The molecule has 0 radical (unpaired) electrons. The molecule has 2 aliphatic rings. The fourth-order valence-corrected chi connectivity index (χ4v) is 4.74. The third kappa shape index (κ3) is 4.16. The van der Waals surface area contributed by atoms with Gasteiger partial charge in [-0.1, -0.05) is 29.3 Å². The fraction of sp³-hybridized carbons (Fsp3) is 0.450. The normalized spacial score (nSPS) is 22.9. The maximum Gasteiger partial charge on any atom is 0.250 e. The molecule has 3 atom stereocenters. The van der Waals surface area contributed by atoms with Crippen LogP contribution in [0.4, 0.5) is 0 Å². The highest BCUT2D eigenvalue weighted by atomic mass is 35.5. The largest absolute Gasteiger partial charge is 0.489 e. The van der Waals surface area contributed by atoms with E-state index in [0.29, 0.717) is 34.2 Å². The van der Waals surface area contributed by atoms with Gasteiger partial charge in [-0.2, -0.15) is 0 Å². The molecule has 5 nitrogen and oxygen atoms in total. The highest BCUT2D eigenvalue weighted by Crippen LogP contribution is 2.35. The average molecular weight is 409 g/mol. The van der Waals surface area contributed by atoms with Crippen molar-refractivity contribution < 1.29 is 9.84 Å². The summed E-state index contributed by atoms with van der Waals surface area (Å²) < 4.78 is 7.56. The number of likely N-dealkylation sites (tertiary alicyclic amines) is 1. The van der Waals surface area contributed by atoms with E-state index in [1.807, 2.05) is 16.7 Å². The van der Waals surface area contributed by atoms with Gasteiger partial charge in [0.1, 0.15) is 18.5 Å². The van der Waals surface area contributed by atoms with Gasteiger partial charge in [0, 0.05) is 48.9 Å². The Labute approximate surface area is 168 Å². The number of piperidine rings is 1. The van der Waals surface area contributed by atoms with Crippen LogP contribution >= 0.6 is 23.2 Å². The van der Waals surface area contributed by atoms with E-state index in [2.05, 4.69) is 4.90 Å². The molecule has 0 aliphatic carbocycles. The molecule has 1 saturated heterocycles. The Morgan fingerprint density at radius 2 is 2.04 bits per heavy atom. The van der Waals surface area contributed by atoms with Crippen molar-refractivity contribution in [3.8, 4) is 5.75 Å². The summed E-state index contributed by atoms with van der Waals surface area (Å²) in [5, 5.41) is 11.4.